The third-order valence-electron chi connectivity index (χ3n) is 5.98. The van der Waals surface area contributed by atoms with Gasteiger partial charge in [0.2, 0.25) is 5.91 Å². The van der Waals surface area contributed by atoms with Crippen LogP contribution in [0.1, 0.15) is 38.5 Å². The normalized spacial score (nSPS) is 46.4. The van der Waals surface area contributed by atoms with E-state index in [4.69, 9.17) is 0 Å². The molecule has 4 saturated carbocycles. The van der Waals surface area contributed by atoms with Crippen molar-refractivity contribution in [3.8, 4) is 0 Å². The van der Waals surface area contributed by atoms with Crippen LogP contribution in [0.25, 0.3) is 0 Å². The molecule has 0 aromatic heterocycles. The highest BCUT2D eigenvalue weighted by atomic mass is 32.2. The van der Waals surface area contributed by atoms with Gasteiger partial charge < -0.3 is 10.6 Å². The fourth-order valence-electron chi connectivity index (χ4n) is 5.38. The van der Waals surface area contributed by atoms with Gasteiger partial charge in [-0.2, -0.15) is 11.8 Å². The van der Waals surface area contributed by atoms with Gasteiger partial charge in [-0.25, -0.2) is 0 Å². The third kappa shape index (κ3) is 2.61. The summed E-state index contributed by atoms with van der Waals surface area (Å²) in [6, 6.07) is 0.900. The minimum Gasteiger partial charge on any atom is -0.353 e. The fraction of sp³-hybridized carbons (Fsp3) is 0.938. The van der Waals surface area contributed by atoms with Crippen molar-refractivity contribution in [1.29, 1.82) is 0 Å². The van der Waals surface area contributed by atoms with Gasteiger partial charge in [0.1, 0.15) is 0 Å². The van der Waals surface area contributed by atoms with Gasteiger partial charge in [-0.05, 0) is 55.8 Å². The molecule has 0 spiro atoms. The molecule has 1 heterocycles. The highest BCUT2D eigenvalue weighted by molar-refractivity contribution is 7.99. The summed E-state index contributed by atoms with van der Waals surface area (Å²) in [6.07, 6.45) is 7.70. The molecule has 2 N–H and O–H groups in total. The van der Waals surface area contributed by atoms with Crippen LogP contribution >= 0.6 is 11.8 Å². The lowest BCUT2D eigenvalue weighted by Gasteiger charge is -2.54. The number of amides is 1. The molecule has 4 heteroatoms. The van der Waals surface area contributed by atoms with Crippen molar-refractivity contribution in [2.75, 3.05) is 18.1 Å². The number of hydrogen-bond acceptors (Lipinski definition) is 3. The van der Waals surface area contributed by atoms with E-state index in [-0.39, 0.29) is 0 Å². The van der Waals surface area contributed by atoms with Gasteiger partial charge in [-0.1, -0.05) is 0 Å². The fourth-order valence-corrected chi connectivity index (χ4v) is 6.33. The zero-order chi connectivity index (χ0) is 13.5. The SMILES string of the molecule is O=C(CC1CSCCN1)NC1C2CC3CC(C2)CC1C3. The van der Waals surface area contributed by atoms with Gasteiger partial charge in [0.05, 0.1) is 0 Å². The Morgan fingerprint density at radius 2 is 1.80 bits per heavy atom. The van der Waals surface area contributed by atoms with Crippen molar-refractivity contribution in [2.45, 2.75) is 50.6 Å². The largest absolute Gasteiger partial charge is 0.353 e. The minimum atomic E-state index is 0.294. The number of thioether (sulfide) groups is 1. The van der Waals surface area contributed by atoms with Crippen molar-refractivity contribution in [3.05, 3.63) is 0 Å². The molecule has 0 radical (unpaired) electrons. The van der Waals surface area contributed by atoms with Gasteiger partial charge in [-0.3, -0.25) is 4.79 Å². The number of hydrogen-bond donors (Lipinski definition) is 2. The van der Waals surface area contributed by atoms with Crippen LogP contribution in [-0.2, 0) is 4.79 Å². The second-order valence-corrected chi connectivity index (χ2v) is 8.60. The number of rotatable bonds is 3. The molecule has 0 aromatic carbocycles. The van der Waals surface area contributed by atoms with E-state index in [0.29, 0.717) is 24.4 Å². The van der Waals surface area contributed by atoms with Crippen LogP contribution in [0.3, 0.4) is 0 Å². The Labute approximate surface area is 126 Å². The van der Waals surface area contributed by atoms with Gasteiger partial charge in [-0.15, -0.1) is 0 Å². The van der Waals surface area contributed by atoms with Crippen molar-refractivity contribution in [3.63, 3.8) is 0 Å². The molecular weight excluding hydrogens is 268 g/mol. The van der Waals surface area contributed by atoms with E-state index in [2.05, 4.69) is 10.6 Å². The number of nitrogens with one attached hydrogen (secondary N) is 2. The number of carbonyl (C=O) groups is 1. The lowest BCUT2D eigenvalue weighted by atomic mass is 9.54. The van der Waals surface area contributed by atoms with Crippen LogP contribution in [0, 0.1) is 23.7 Å². The second-order valence-electron chi connectivity index (χ2n) is 7.45. The lowest BCUT2D eigenvalue weighted by molar-refractivity contribution is -0.125. The summed E-state index contributed by atoms with van der Waals surface area (Å²) in [4.78, 5) is 12.3. The topological polar surface area (TPSA) is 41.1 Å². The molecule has 5 fully saturated rings. The second kappa shape index (κ2) is 5.53. The Balaban J connectivity index is 1.33. The van der Waals surface area contributed by atoms with E-state index in [1.165, 1.54) is 37.9 Å². The lowest BCUT2D eigenvalue weighted by Crippen LogP contribution is -2.56. The van der Waals surface area contributed by atoms with Crippen molar-refractivity contribution in [1.82, 2.24) is 10.6 Å². The third-order valence-corrected chi connectivity index (χ3v) is 7.12. The van der Waals surface area contributed by atoms with Crippen LogP contribution in [0.5, 0.6) is 0 Å². The molecule has 5 aliphatic rings. The van der Waals surface area contributed by atoms with Crippen molar-refractivity contribution >= 4 is 17.7 Å². The smallest absolute Gasteiger partial charge is 0.221 e. The molecular formula is C16H26N2OS. The summed E-state index contributed by atoms with van der Waals surface area (Å²) < 4.78 is 0. The average Bonchev–Trinajstić information content (AvgIpc) is 2.43. The van der Waals surface area contributed by atoms with E-state index in [0.717, 1.165) is 36.0 Å². The van der Waals surface area contributed by atoms with Crippen LogP contribution in [0.4, 0.5) is 0 Å². The standard InChI is InChI=1S/C16H26N2OS/c19-15(8-14-9-20-2-1-17-14)18-16-12-4-10-3-11(6-12)7-13(16)5-10/h10-14,16-17H,1-9H2,(H,18,19). The predicted molar refractivity (Wildman–Crippen MR) is 82.7 cm³/mol. The maximum atomic E-state index is 12.3. The molecule has 5 rings (SSSR count). The van der Waals surface area contributed by atoms with Gasteiger partial charge in [0.25, 0.3) is 0 Å². The van der Waals surface area contributed by atoms with Crippen LogP contribution < -0.4 is 10.6 Å². The van der Waals surface area contributed by atoms with Crippen LogP contribution in [-0.4, -0.2) is 36.0 Å². The first-order valence-corrected chi connectivity index (χ1v) is 9.54. The van der Waals surface area contributed by atoms with E-state index in [9.17, 15) is 4.79 Å². The Hall–Kier alpha value is -0.220. The summed E-state index contributed by atoms with van der Waals surface area (Å²) in [5.74, 6) is 6.14. The van der Waals surface area contributed by atoms with E-state index in [1.54, 1.807) is 0 Å². The van der Waals surface area contributed by atoms with Gasteiger partial charge in [0, 0.05) is 36.6 Å². The Bertz CT molecular complexity index is 353. The van der Waals surface area contributed by atoms with Crippen molar-refractivity contribution < 1.29 is 4.79 Å². The Morgan fingerprint density at radius 3 is 2.40 bits per heavy atom. The summed E-state index contributed by atoms with van der Waals surface area (Å²) in [5.41, 5.74) is 0. The number of carbonyl (C=O) groups excluding carboxylic acids is 1. The molecule has 4 bridgehead atoms. The summed E-state index contributed by atoms with van der Waals surface area (Å²) >= 11 is 1.97. The first kappa shape index (κ1) is 13.4. The highest BCUT2D eigenvalue weighted by Crippen LogP contribution is 2.53. The Kier molecular flexibility index (Phi) is 3.71. The zero-order valence-electron chi connectivity index (χ0n) is 12.1. The van der Waals surface area contributed by atoms with Crippen LogP contribution in [0.2, 0.25) is 0 Å². The first-order valence-electron chi connectivity index (χ1n) is 8.38. The van der Waals surface area contributed by atoms with Crippen molar-refractivity contribution in [2.24, 2.45) is 23.7 Å². The molecule has 20 heavy (non-hydrogen) atoms. The predicted octanol–water partition coefficient (Wildman–Crippen LogP) is 2.02. The molecule has 1 atom stereocenters. The Morgan fingerprint density at radius 1 is 1.10 bits per heavy atom. The summed E-state index contributed by atoms with van der Waals surface area (Å²) in [6.45, 7) is 1.06. The molecule has 1 saturated heterocycles. The quantitative estimate of drug-likeness (QED) is 0.837. The molecule has 3 nitrogen and oxygen atoms in total. The maximum absolute atomic E-state index is 12.3. The average molecular weight is 294 g/mol. The van der Waals surface area contributed by atoms with E-state index >= 15 is 0 Å². The summed E-state index contributed by atoms with van der Waals surface area (Å²) in [5, 5.41) is 6.89. The van der Waals surface area contributed by atoms with E-state index < -0.39 is 0 Å². The van der Waals surface area contributed by atoms with Crippen LogP contribution in [0.15, 0.2) is 0 Å². The molecule has 1 aliphatic heterocycles. The van der Waals surface area contributed by atoms with Gasteiger partial charge >= 0.3 is 0 Å². The first-order chi connectivity index (χ1) is 9.78. The maximum Gasteiger partial charge on any atom is 0.221 e. The molecule has 0 aromatic rings. The highest BCUT2D eigenvalue weighted by Gasteiger charge is 2.48. The van der Waals surface area contributed by atoms with E-state index in [1.807, 2.05) is 11.8 Å². The monoisotopic (exact) mass is 294 g/mol. The molecule has 1 unspecified atom stereocenters. The van der Waals surface area contributed by atoms with Gasteiger partial charge in [0.15, 0.2) is 0 Å². The zero-order valence-corrected chi connectivity index (χ0v) is 13.0. The summed E-state index contributed by atoms with van der Waals surface area (Å²) in [7, 11) is 0. The minimum absolute atomic E-state index is 0.294. The molecule has 112 valence electrons. The molecule has 1 amide bonds. The molecule has 4 aliphatic carbocycles.